The number of pyridine rings is 1. The molecule has 0 amide bonds. The Morgan fingerprint density at radius 1 is 0.667 bits per heavy atom. The van der Waals surface area contributed by atoms with Crippen LogP contribution in [0.3, 0.4) is 0 Å². The van der Waals surface area contributed by atoms with E-state index in [0.717, 1.165) is 17.9 Å². The molecule has 0 aliphatic heterocycles. The Morgan fingerprint density at radius 2 is 1.13 bits per heavy atom. The smallest absolute Gasteiger partial charge is 0.205 e. The minimum Gasteiger partial charge on any atom is -0.378 e. The fourth-order valence-corrected chi connectivity index (χ4v) is 3.22. The topological polar surface area (TPSA) is 10.4 Å². The third kappa shape index (κ3) is 5.38. The molecule has 3 nitrogen and oxygen atoms in total. The monoisotopic (exact) mass is 398 g/mol. The van der Waals surface area contributed by atoms with Crippen LogP contribution in [0.15, 0.2) is 66.7 Å². The number of nitrogens with zero attached hydrogens (tertiary/aromatic N) is 3. The van der Waals surface area contributed by atoms with Crippen molar-refractivity contribution in [2.45, 2.75) is 6.92 Å². The average molecular weight is 399 g/mol. The largest absolute Gasteiger partial charge is 0.378 e. The maximum absolute atomic E-state index is 2.23. The van der Waals surface area contributed by atoms with E-state index in [4.69, 9.17) is 0 Å². The lowest BCUT2D eigenvalue weighted by Crippen LogP contribution is -2.35. The Bertz CT molecular complexity index is 1010. The van der Waals surface area contributed by atoms with Crippen LogP contribution < -0.4 is 14.4 Å². The highest BCUT2D eigenvalue weighted by Gasteiger charge is 2.07. The van der Waals surface area contributed by atoms with E-state index in [0.29, 0.717) is 0 Å². The van der Waals surface area contributed by atoms with Gasteiger partial charge in [0.15, 0.2) is 0 Å². The van der Waals surface area contributed by atoms with Crippen molar-refractivity contribution >= 4 is 35.7 Å². The molecule has 0 spiro atoms. The molecule has 0 fully saturated rings. The van der Waals surface area contributed by atoms with E-state index in [1.54, 1.807) is 0 Å². The van der Waals surface area contributed by atoms with Crippen molar-refractivity contribution < 1.29 is 4.57 Å². The molecule has 1 aromatic heterocycles. The van der Waals surface area contributed by atoms with E-state index in [1.807, 2.05) is 0 Å². The first-order valence-corrected chi connectivity index (χ1v) is 10.4. The van der Waals surface area contributed by atoms with Crippen LogP contribution >= 0.6 is 0 Å². The van der Waals surface area contributed by atoms with Crippen LogP contribution in [-0.4, -0.2) is 27.7 Å². The summed E-state index contributed by atoms with van der Waals surface area (Å²) in [5.41, 5.74) is 7.16. The second-order valence-electron chi connectivity index (χ2n) is 7.69. The van der Waals surface area contributed by atoms with Gasteiger partial charge in [-0.25, -0.2) is 0 Å². The molecule has 154 valence electrons. The third-order valence-corrected chi connectivity index (χ3v) is 5.42. The van der Waals surface area contributed by atoms with Gasteiger partial charge in [0.25, 0.3) is 0 Å². The van der Waals surface area contributed by atoms with Gasteiger partial charge in [-0.15, -0.1) is 0 Å². The van der Waals surface area contributed by atoms with E-state index in [1.165, 1.54) is 22.5 Å². The summed E-state index contributed by atoms with van der Waals surface area (Å²) in [7, 11) is 8.33. The first-order chi connectivity index (χ1) is 14.5. The van der Waals surface area contributed by atoms with Crippen molar-refractivity contribution in [2.75, 3.05) is 37.5 Å². The summed E-state index contributed by atoms with van der Waals surface area (Å²) in [5.74, 6) is 0. The molecule has 0 radical (unpaired) electrons. The van der Waals surface area contributed by atoms with Crippen LogP contribution in [-0.2, 0) is 7.05 Å². The molecule has 0 aliphatic carbocycles. The highest BCUT2D eigenvalue weighted by atomic mass is 15.1. The maximum atomic E-state index is 2.23. The molecule has 3 aromatic rings. The molecule has 3 heteroatoms. The molecule has 0 bridgehead atoms. The lowest BCUT2D eigenvalue weighted by molar-refractivity contribution is -0.675. The van der Waals surface area contributed by atoms with Crippen molar-refractivity contribution in [1.29, 1.82) is 0 Å². The molecule has 30 heavy (non-hydrogen) atoms. The highest BCUT2D eigenvalue weighted by Crippen LogP contribution is 2.16. The average Bonchev–Trinajstić information content (AvgIpc) is 2.77. The normalized spacial score (nSPS) is 11.4. The van der Waals surface area contributed by atoms with Gasteiger partial charge in [0, 0.05) is 63.3 Å². The Hall–Kier alpha value is -3.33. The zero-order valence-electron chi connectivity index (χ0n) is 18.7. The third-order valence-electron chi connectivity index (χ3n) is 5.42. The van der Waals surface area contributed by atoms with Crippen molar-refractivity contribution in [2.24, 2.45) is 7.05 Å². The van der Waals surface area contributed by atoms with Crippen molar-refractivity contribution in [3.05, 3.63) is 89.2 Å². The van der Waals surface area contributed by atoms with Gasteiger partial charge in [-0.3, -0.25) is 0 Å². The second kappa shape index (κ2) is 9.93. The summed E-state index contributed by atoms with van der Waals surface area (Å²) in [4.78, 5) is 4.34. The van der Waals surface area contributed by atoms with E-state index in [2.05, 4.69) is 141 Å². The van der Waals surface area contributed by atoms with Gasteiger partial charge in [0.1, 0.15) is 7.05 Å². The summed E-state index contributed by atoms with van der Waals surface area (Å²) < 4.78 is 2.21. The van der Waals surface area contributed by atoms with Gasteiger partial charge in [-0.05, 0) is 60.5 Å². The summed E-state index contributed by atoms with van der Waals surface area (Å²) in [6, 6.07) is 23.6. The number of rotatable bonds is 7. The van der Waals surface area contributed by atoms with Gasteiger partial charge in [0.05, 0.1) is 0 Å². The summed E-state index contributed by atoms with van der Waals surface area (Å²) in [5, 5.41) is 0. The van der Waals surface area contributed by atoms with Crippen molar-refractivity contribution in [3.8, 4) is 0 Å². The van der Waals surface area contributed by atoms with Gasteiger partial charge < -0.3 is 9.80 Å². The minimum absolute atomic E-state index is 1.01. The van der Waals surface area contributed by atoms with Crippen LogP contribution in [0, 0.1) is 0 Å². The zero-order chi connectivity index (χ0) is 21.5. The molecule has 0 unspecified atom stereocenters. The van der Waals surface area contributed by atoms with Crippen LogP contribution in [0.1, 0.15) is 29.4 Å². The Kier molecular flexibility index (Phi) is 7.08. The van der Waals surface area contributed by atoms with E-state index < -0.39 is 0 Å². The zero-order valence-corrected chi connectivity index (χ0v) is 18.7. The van der Waals surface area contributed by atoms with Crippen molar-refractivity contribution in [3.63, 3.8) is 0 Å². The first kappa shape index (κ1) is 21.4. The van der Waals surface area contributed by atoms with Gasteiger partial charge >= 0.3 is 0 Å². The molecular formula is C27H32N3+. The standard InChI is InChI=1S/C27H32N3/c1-6-29(4)25-18-12-23(13-19-25)15-21-27-9-7-8-26(30(27)5)20-14-22-10-16-24(17-11-22)28(2)3/h7-21H,6H2,1-5H3/q+1. The molecule has 0 N–H and O–H groups in total. The number of hydrogen-bond donors (Lipinski definition) is 0. The lowest BCUT2D eigenvalue weighted by atomic mass is 10.1. The summed E-state index contributed by atoms with van der Waals surface area (Å²) in [6.45, 7) is 3.17. The van der Waals surface area contributed by atoms with Crippen LogP contribution in [0.4, 0.5) is 11.4 Å². The molecule has 1 heterocycles. The highest BCUT2D eigenvalue weighted by molar-refractivity contribution is 5.70. The number of aromatic nitrogens is 1. The molecule has 0 aliphatic rings. The predicted octanol–water partition coefficient (Wildman–Crippen LogP) is 5.37. The SMILES string of the molecule is CCN(C)c1ccc(/C=C/c2cccc(/C=C/c3ccc(N(C)C)cc3)[n+]2C)cc1. The lowest BCUT2D eigenvalue weighted by Gasteiger charge is -2.16. The first-order valence-electron chi connectivity index (χ1n) is 10.4. The Morgan fingerprint density at radius 3 is 1.57 bits per heavy atom. The van der Waals surface area contributed by atoms with Gasteiger partial charge in [0.2, 0.25) is 11.4 Å². The van der Waals surface area contributed by atoms with E-state index in [9.17, 15) is 0 Å². The summed E-state index contributed by atoms with van der Waals surface area (Å²) >= 11 is 0. The molecule has 2 aromatic carbocycles. The molecular weight excluding hydrogens is 366 g/mol. The maximum Gasteiger partial charge on any atom is 0.205 e. The number of anilines is 2. The molecule has 0 atom stereocenters. The van der Waals surface area contributed by atoms with Gasteiger partial charge in [-0.1, -0.05) is 24.3 Å². The molecule has 3 rings (SSSR count). The summed E-state index contributed by atoms with van der Waals surface area (Å²) in [6.07, 6.45) is 8.66. The van der Waals surface area contributed by atoms with Gasteiger partial charge in [-0.2, -0.15) is 4.57 Å². The minimum atomic E-state index is 1.01. The van der Waals surface area contributed by atoms with E-state index in [-0.39, 0.29) is 0 Å². The van der Waals surface area contributed by atoms with Crippen molar-refractivity contribution in [1.82, 2.24) is 0 Å². The number of benzene rings is 2. The second-order valence-corrected chi connectivity index (χ2v) is 7.69. The van der Waals surface area contributed by atoms with E-state index >= 15 is 0 Å². The molecule has 0 saturated carbocycles. The Labute approximate surface area is 181 Å². The number of hydrogen-bond acceptors (Lipinski definition) is 2. The van der Waals surface area contributed by atoms with Crippen LogP contribution in [0.25, 0.3) is 24.3 Å². The van der Waals surface area contributed by atoms with Crippen LogP contribution in [0.2, 0.25) is 0 Å². The molecule has 0 saturated heterocycles. The quantitative estimate of drug-likeness (QED) is 0.495. The Balaban J connectivity index is 1.75. The van der Waals surface area contributed by atoms with Crippen LogP contribution in [0.5, 0.6) is 0 Å². The predicted molar refractivity (Wildman–Crippen MR) is 132 cm³/mol. The fraction of sp³-hybridized carbons (Fsp3) is 0.222. The fourth-order valence-electron chi connectivity index (χ4n) is 3.22.